The highest BCUT2D eigenvalue weighted by Crippen LogP contribution is 2.17. The van der Waals surface area contributed by atoms with Gasteiger partial charge < -0.3 is 10.6 Å². The van der Waals surface area contributed by atoms with Crippen molar-refractivity contribution in [2.24, 2.45) is 0 Å². The predicted molar refractivity (Wildman–Crippen MR) is 77.8 cm³/mol. The van der Waals surface area contributed by atoms with Crippen LogP contribution in [0.5, 0.6) is 0 Å². The second-order valence-electron chi connectivity index (χ2n) is 5.53. The van der Waals surface area contributed by atoms with Crippen LogP contribution in [0.3, 0.4) is 0 Å². The van der Waals surface area contributed by atoms with Gasteiger partial charge in [0.05, 0.1) is 6.54 Å². The van der Waals surface area contributed by atoms with Gasteiger partial charge in [0.15, 0.2) is 0 Å². The first-order chi connectivity index (χ1) is 9.66. The molecule has 0 bridgehead atoms. The molecule has 1 fully saturated rings. The number of hydrogen-bond acceptors (Lipinski definition) is 2. The lowest BCUT2D eigenvalue weighted by Crippen LogP contribution is -2.41. The van der Waals surface area contributed by atoms with Crippen LogP contribution < -0.4 is 10.6 Å². The van der Waals surface area contributed by atoms with Crippen LogP contribution in [0.25, 0.3) is 0 Å². The Hall–Kier alpha value is -1.42. The molecule has 20 heavy (non-hydrogen) atoms. The Morgan fingerprint density at radius 1 is 1.30 bits per heavy atom. The van der Waals surface area contributed by atoms with E-state index in [2.05, 4.69) is 10.6 Å². The lowest BCUT2D eigenvalue weighted by atomic mass is 9.95. The summed E-state index contributed by atoms with van der Waals surface area (Å²) >= 11 is 0. The fraction of sp³-hybridized carbons (Fsp3) is 0.562. The standard InChI is InChI=1S/C16H23FN2O/c1-12(14-9-5-6-10-15(14)17)18-11-16(20)19-13-7-3-2-4-8-13/h5-6,9-10,12-13,18H,2-4,7-8,11H2,1H3,(H,19,20)/t12-/m1/s1. The Balaban J connectivity index is 1.76. The number of nitrogens with one attached hydrogen (secondary N) is 2. The molecule has 1 aromatic rings. The van der Waals surface area contributed by atoms with Gasteiger partial charge in [0.1, 0.15) is 5.82 Å². The number of amides is 1. The van der Waals surface area contributed by atoms with Crippen LogP contribution in [0.15, 0.2) is 24.3 Å². The van der Waals surface area contributed by atoms with Crippen molar-refractivity contribution < 1.29 is 9.18 Å². The molecule has 1 aromatic carbocycles. The van der Waals surface area contributed by atoms with E-state index >= 15 is 0 Å². The van der Waals surface area contributed by atoms with E-state index in [0.717, 1.165) is 12.8 Å². The molecule has 3 nitrogen and oxygen atoms in total. The molecule has 0 unspecified atom stereocenters. The summed E-state index contributed by atoms with van der Waals surface area (Å²) in [5.41, 5.74) is 0.595. The molecule has 0 radical (unpaired) electrons. The topological polar surface area (TPSA) is 41.1 Å². The minimum atomic E-state index is -0.236. The van der Waals surface area contributed by atoms with Crippen molar-refractivity contribution in [2.45, 2.75) is 51.1 Å². The summed E-state index contributed by atoms with van der Waals surface area (Å²) in [6.07, 6.45) is 5.83. The van der Waals surface area contributed by atoms with E-state index in [1.165, 1.54) is 25.3 Å². The summed E-state index contributed by atoms with van der Waals surface area (Å²) in [5, 5.41) is 6.12. The highest BCUT2D eigenvalue weighted by molar-refractivity contribution is 5.78. The first-order valence-corrected chi connectivity index (χ1v) is 7.44. The van der Waals surface area contributed by atoms with Gasteiger partial charge in [-0.25, -0.2) is 4.39 Å². The summed E-state index contributed by atoms with van der Waals surface area (Å²) in [7, 11) is 0. The zero-order valence-corrected chi connectivity index (χ0v) is 12.0. The number of carbonyl (C=O) groups is 1. The van der Waals surface area contributed by atoms with Crippen LogP contribution in [-0.4, -0.2) is 18.5 Å². The molecule has 1 aliphatic carbocycles. The summed E-state index contributed by atoms with van der Waals surface area (Å²) < 4.78 is 13.6. The average molecular weight is 278 g/mol. The smallest absolute Gasteiger partial charge is 0.234 e. The van der Waals surface area contributed by atoms with Gasteiger partial charge in [-0.05, 0) is 25.8 Å². The molecule has 0 aromatic heterocycles. The van der Waals surface area contributed by atoms with Crippen molar-refractivity contribution in [2.75, 3.05) is 6.54 Å². The SMILES string of the molecule is C[C@@H](NCC(=O)NC1CCCCC1)c1ccccc1F. The number of halogens is 1. The fourth-order valence-electron chi connectivity index (χ4n) is 2.71. The lowest BCUT2D eigenvalue weighted by Gasteiger charge is -2.23. The Bertz CT molecular complexity index is 444. The second kappa shape index (κ2) is 7.39. The largest absolute Gasteiger partial charge is 0.352 e. The summed E-state index contributed by atoms with van der Waals surface area (Å²) in [5.74, 6) is -0.236. The number of hydrogen-bond donors (Lipinski definition) is 2. The monoisotopic (exact) mass is 278 g/mol. The van der Waals surface area contributed by atoms with Crippen LogP contribution in [0.1, 0.15) is 50.6 Å². The predicted octanol–water partition coefficient (Wildman–Crippen LogP) is 2.93. The van der Waals surface area contributed by atoms with Crippen molar-refractivity contribution in [3.05, 3.63) is 35.6 Å². The van der Waals surface area contributed by atoms with E-state index in [1.807, 2.05) is 6.92 Å². The Kier molecular flexibility index (Phi) is 5.53. The molecule has 1 saturated carbocycles. The minimum absolute atomic E-state index is 0.0000827. The van der Waals surface area contributed by atoms with Crippen molar-refractivity contribution in [3.63, 3.8) is 0 Å². The van der Waals surface area contributed by atoms with E-state index in [-0.39, 0.29) is 24.3 Å². The van der Waals surface area contributed by atoms with E-state index in [9.17, 15) is 9.18 Å². The van der Waals surface area contributed by atoms with Crippen LogP contribution in [0.4, 0.5) is 4.39 Å². The van der Waals surface area contributed by atoms with Crippen LogP contribution >= 0.6 is 0 Å². The molecule has 0 spiro atoms. The van der Waals surface area contributed by atoms with Crippen LogP contribution in [0.2, 0.25) is 0 Å². The molecule has 2 rings (SSSR count). The van der Waals surface area contributed by atoms with Gasteiger partial charge in [0.25, 0.3) is 0 Å². The lowest BCUT2D eigenvalue weighted by molar-refractivity contribution is -0.121. The highest BCUT2D eigenvalue weighted by Gasteiger charge is 2.16. The van der Waals surface area contributed by atoms with E-state index in [0.29, 0.717) is 11.6 Å². The zero-order chi connectivity index (χ0) is 14.4. The third-order valence-corrected chi connectivity index (χ3v) is 3.91. The zero-order valence-electron chi connectivity index (χ0n) is 12.0. The maximum Gasteiger partial charge on any atom is 0.234 e. The summed E-state index contributed by atoms with van der Waals surface area (Å²) in [4.78, 5) is 11.9. The van der Waals surface area contributed by atoms with Crippen LogP contribution in [-0.2, 0) is 4.79 Å². The normalized spacial score (nSPS) is 17.7. The van der Waals surface area contributed by atoms with Crippen LogP contribution in [0, 0.1) is 5.82 Å². The van der Waals surface area contributed by atoms with Gasteiger partial charge in [-0.2, -0.15) is 0 Å². The van der Waals surface area contributed by atoms with Crippen molar-refractivity contribution in [1.29, 1.82) is 0 Å². The van der Waals surface area contributed by atoms with Crippen molar-refractivity contribution >= 4 is 5.91 Å². The Morgan fingerprint density at radius 3 is 2.70 bits per heavy atom. The van der Waals surface area contributed by atoms with Gasteiger partial charge in [0.2, 0.25) is 5.91 Å². The van der Waals surface area contributed by atoms with Crippen molar-refractivity contribution in [1.82, 2.24) is 10.6 Å². The maximum atomic E-state index is 13.6. The van der Waals surface area contributed by atoms with Gasteiger partial charge >= 0.3 is 0 Å². The maximum absolute atomic E-state index is 13.6. The number of benzene rings is 1. The van der Waals surface area contributed by atoms with Gasteiger partial charge in [-0.1, -0.05) is 37.5 Å². The quantitative estimate of drug-likeness (QED) is 0.869. The molecule has 0 heterocycles. The molecule has 1 atom stereocenters. The average Bonchev–Trinajstić information content (AvgIpc) is 2.46. The molecular formula is C16H23FN2O. The molecule has 0 aliphatic heterocycles. The first kappa shape index (κ1) is 15.0. The molecule has 110 valence electrons. The second-order valence-corrected chi connectivity index (χ2v) is 5.53. The molecule has 4 heteroatoms. The van der Waals surface area contributed by atoms with Gasteiger partial charge in [-0.15, -0.1) is 0 Å². The molecule has 2 N–H and O–H groups in total. The van der Waals surface area contributed by atoms with E-state index in [4.69, 9.17) is 0 Å². The third-order valence-electron chi connectivity index (χ3n) is 3.91. The van der Waals surface area contributed by atoms with E-state index < -0.39 is 0 Å². The summed E-state index contributed by atoms with van der Waals surface area (Å²) in [6, 6.07) is 6.80. The Morgan fingerprint density at radius 2 is 2.00 bits per heavy atom. The minimum Gasteiger partial charge on any atom is -0.352 e. The van der Waals surface area contributed by atoms with Gasteiger partial charge in [-0.3, -0.25) is 4.79 Å². The molecule has 1 aliphatic rings. The fourth-order valence-corrected chi connectivity index (χ4v) is 2.71. The van der Waals surface area contributed by atoms with E-state index in [1.54, 1.807) is 18.2 Å². The number of rotatable bonds is 5. The van der Waals surface area contributed by atoms with Gasteiger partial charge in [0, 0.05) is 17.6 Å². The number of carbonyl (C=O) groups excluding carboxylic acids is 1. The first-order valence-electron chi connectivity index (χ1n) is 7.44. The molecule has 1 amide bonds. The molecule has 0 saturated heterocycles. The third kappa shape index (κ3) is 4.30. The van der Waals surface area contributed by atoms with Crippen molar-refractivity contribution in [3.8, 4) is 0 Å². The highest BCUT2D eigenvalue weighted by atomic mass is 19.1. The summed E-state index contributed by atoms with van der Waals surface area (Å²) in [6.45, 7) is 2.10. The molecular weight excluding hydrogens is 255 g/mol. The Labute approximate surface area is 120 Å².